The molecule has 2 aromatic heterocycles. The quantitative estimate of drug-likeness (QED) is 0.738. The highest BCUT2D eigenvalue weighted by Gasteiger charge is 2.15. The third-order valence-electron chi connectivity index (χ3n) is 4.67. The molecule has 0 amide bonds. The number of hydrogen-bond donors (Lipinski definition) is 1. The molecule has 1 aliphatic heterocycles. The molecule has 8 nitrogen and oxygen atoms in total. The molecule has 0 radical (unpaired) electrons. The van der Waals surface area contributed by atoms with Crippen LogP contribution in [0.2, 0.25) is 0 Å². The number of fused-ring (bicyclic) bond motifs is 1. The Morgan fingerprint density at radius 2 is 2.03 bits per heavy atom. The summed E-state index contributed by atoms with van der Waals surface area (Å²) in [4.78, 5) is 11.7. The number of nitrogens with one attached hydrogen (secondary N) is 1. The number of rotatable bonds is 3. The van der Waals surface area contributed by atoms with E-state index in [1.54, 1.807) is 17.7 Å². The fourth-order valence-corrected chi connectivity index (χ4v) is 3.18. The van der Waals surface area contributed by atoms with Crippen LogP contribution < -0.4 is 15.0 Å². The zero-order chi connectivity index (χ0) is 20.4. The van der Waals surface area contributed by atoms with E-state index in [2.05, 4.69) is 15.3 Å². The first-order chi connectivity index (χ1) is 14.1. The average Bonchev–Trinajstić information content (AvgIpc) is 2.93. The lowest BCUT2D eigenvalue weighted by molar-refractivity contribution is 0.297. The van der Waals surface area contributed by atoms with E-state index in [0.717, 1.165) is 29.0 Å². The van der Waals surface area contributed by atoms with E-state index in [0.29, 0.717) is 30.2 Å². The predicted octanol–water partition coefficient (Wildman–Crippen LogP) is 2.68. The number of aromatic amines is 1. The molecule has 0 fully saturated rings. The molecule has 1 aromatic carbocycles. The summed E-state index contributed by atoms with van der Waals surface area (Å²) in [5, 5.41) is 20.1. The smallest absolute Gasteiger partial charge is 0.282 e. The molecule has 3 aromatic rings. The summed E-state index contributed by atoms with van der Waals surface area (Å²) in [5.41, 5.74) is 3.18. The van der Waals surface area contributed by atoms with Crippen molar-refractivity contribution in [2.75, 3.05) is 13.2 Å². The van der Waals surface area contributed by atoms with Crippen LogP contribution in [0.4, 0.5) is 0 Å². The Hall–Kier alpha value is -3.86. The third-order valence-corrected chi connectivity index (χ3v) is 4.67. The number of nitriles is 1. The summed E-state index contributed by atoms with van der Waals surface area (Å²) >= 11 is 0. The monoisotopic (exact) mass is 389 g/mol. The Morgan fingerprint density at radius 1 is 1.24 bits per heavy atom. The van der Waals surface area contributed by atoms with Gasteiger partial charge < -0.3 is 9.47 Å². The largest absolute Gasteiger partial charge is 0.490 e. The van der Waals surface area contributed by atoms with E-state index in [9.17, 15) is 4.79 Å². The van der Waals surface area contributed by atoms with Crippen molar-refractivity contribution in [1.29, 1.82) is 5.26 Å². The Bertz CT molecular complexity index is 1200. The van der Waals surface area contributed by atoms with Gasteiger partial charge in [-0.2, -0.15) is 15.5 Å². The summed E-state index contributed by atoms with van der Waals surface area (Å²) < 4.78 is 13.2. The van der Waals surface area contributed by atoms with E-state index >= 15 is 0 Å². The van der Waals surface area contributed by atoms with E-state index in [4.69, 9.17) is 14.7 Å². The molecule has 0 saturated carbocycles. The fourth-order valence-electron chi connectivity index (χ4n) is 3.18. The van der Waals surface area contributed by atoms with Crippen LogP contribution in [0.25, 0.3) is 23.4 Å². The molecule has 4 rings (SSSR count). The maximum absolute atomic E-state index is 11.7. The van der Waals surface area contributed by atoms with Crippen LogP contribution in [0, 0.1) is 18.3 Å². The summed E-state index contributed by atoms with van der Waals surface area (Å²) in [6.45, 7) is 2.96. The first-order valence-electron chi connectivity index (χ1n) is 9.18. The Labute approximate surface area is 167 Å². The minimum Gasteiger partial charge on any atom is -0.490 e. The highest BCUT2D eigenvalue weighted by atomic mass is 16.5. The van der Waals surface area contributed by atoms with Crippen LogP contribution in [0.3, 0.4) is 0 Å². The molecule has 0 atom stereocenters. The second kappa shape index (κ2) is 7.64. The lowest BCUT2D eigenvalue weighted by Gasteiger charge is -2.08. The van der Waals surface area contributed by atoms with Crippen molar-refractivity contribution < 1.29 is 9.47 Å². The number of ether oxygens (including phenoxy) is 2. The van der Waals surface area contributed by atoms with Gasteiger partial charge in [0.1, 0.15) is 11.6 Å². The van der Waals surface area contributed by atoms with Gasteiger partial charge in [0.2, 0.25) is 0 Å². The van der Waals surface area contributed by atoms with Gasteiger partial charge in [0.15, 0.2) is 11.5 Å². The molecule has 0 bridgehead atoms. The van der Waals surface area contributed by atoms with Crippen LogP contribution in [0.15, 0.2) is 29.2 Å². The minimum atomic E-state index is -0.489. The van der Waals surface area contributed by atoms with Gasteiger partial charge in [0.25, 0.3) is 5.56 Å². The number of hydrogen-bond acceptors (Lipinski definition) is 6. The van der Waals surface area contributed by atoms with Crippen molar-refractivity contribution in [2.45, 2.75) is 13.3 Å². The molecule has 146 valence electrons. The molecule has 0 saturated heterocycles. The maximum atomic E-state index is 11.7. The molecule has 0 spiro atoms. The second-order valence-electron chi connectivity index (χ2n) is 6.70. The van der Waals surface area contributed by atoms with E-state index in [1.807, 2.05) is 43.6 Å². The van der Waals surface area contributed by atoms with E-state index in [1.165, 1.54) is 0 Å². The minimum absolute atomic E-state index is 0.0639. The molecule has 1 aliphatic rings. The summed E-state index contributed by atoms with van der Waals surface area (Å²) in [5.74, 6) is 1.44. The maximum Gasteiger partial charge on any atom is 0.282 e. The zero-order valence-electron chi connectivity index (χ0n) is 16.1. The summed E-state index contributed by atoms with van der Waals surface area (Å²) in [7, 11) is 1.85. The average molecular weight is 389 g/mol. The number of benzene rings is 1. The van der Waals surface area contributed by atoms with Gasteiger partial charge in [0.05, 0.1) is 24.6 Å². The van der Waals surface area contributed by atoms with Crippen molar-refractivity contribution in [3.05, 3.63) is 57.1 Å². The normalized spacial score (nSPS) is 13.3. The lowest BCUT2D eigenvalue weighted by atomic mass is 10.1. The molecule has 0 aliphatic carbocycles. The molecule has 3 heterocycles. The standard InChI is InChI=1S/C21H19N5O3/c1-13-16(11-22)21(27)24-23-17(13)6-4-15-12-26(2)25-20(15)14-5-7-18-19(10-14)29-9-3-8-28-18/h4-7,10,12H,3,8-9H2,1-2H3,(H,24,27). The molecular formula is C21H19N5O3. The summed E-state index contributed by atoms with van der Waals surface area (Å²) in [6.07, 6.45) is 6.36. The SMILES string of the molecule is Cc1c(C=Cc2cn(C)nc2-c2ccc3c(c2)OCCCO3)n[nH]c(=O)c1C#N. The highest BCUT2D eigenvalue weighted by molar-refractivity contribution is 5.79. The van der Waals surface area contributed by atoms with Crippen LogP contribution in [0.5, 0.6) is 11.5 Å². The molecular weight excluding hydrogens is 370 g/mol. The zero-order valence-corrected chi connectivity index (χ0v) is 16.1. The van der Waals surface area contributed by atoms with Crippen molar-refractivity contribution >= 4 is 12.2 Å². The Balaban J connectivity index is 1.72. The number of aromatic nitrogens is 4. The van der Waals surface area contributed by atoms with Crippen molar-refractivity contribution in [2.24, 2.45) is 7.05 Å². The van der Waals surface area contributed by atoms with Gasteiger partial charge in [0, 0.05) is 30.8 Å². The highest BCUT2D eigenvalue weighted by Crippen LogP contribution is 2.35. The van der Waals surface area contributed by atoms with Crippen molar-refractivity contribution in [3.63, 3.8) is 0 Å². The van der Waals surface area contributed by atoms with Gasteiger partial charge in [-0.1, -0.05) is 0 Å². The lowest BCUT2D eigenvalue weighted by Crippen LogP contribution is -2.15. The van der Waals surface area contributed by atoms with Crippen LogP contribution in [0.1, 0.15) is 28.8 Å². The van der Waals surface area contributed by atoms with E-state index < -0.39 is 5.56 Å². The van der Waals surface area contributed by atoms with E-state index in [-0.39, 0.29) is 5.56 Å². The van der Waals surface area contributed by atoms with Gasteiger partial charge in [-0.05, 0) is 42.8 Å². The first-order valence-corrected chi connectivity index (χ1v) is 9.18. The Kier molecular flexibility index (Phi) is 4.87. The fraction of sp³-hybridized carbons (Fsp3) is 0.238. The number of H-pyrrole nitrogens is 1. The van der Waals surface area contributed by atoms with Crippen LogP contribution in [-0.4, -0.2) is 33.2 Å². The van der Waals surface area contributed by atoms with Crippen LogP contribution >= 0.6 is 0 Å². The number of nitrogens with zero attached hydrogens (tertiary/aromatic N) is 4. The molecule has 0 unspecified atom stereocenters. The third kappa shape index (κ3) is 3.62. The predicted molar refractivity (Wildman–Crippen MR) is 107 cm³/mol. The van der Waals surface area contributed by atoms with Gasteiger partial charge in [-0.25, -0.2) is 5.10 Å². The first kappa shape index (κ1) is 18.5. The number of aryl methyl sites for hydroxylation is 1. The van der Waals surface area contributed by atoms with Crippen molar-refractivity contribution in [1.82, 2.24) is 20.0 Å². The van der Waals surface area contributed by atoms with Crippen molar-refractivity contribution in [3.8, 4) is 28.8 Å². The van der Waals surface area contributed by atoms with Gasteiger partial charge in [-0.15, -0.1) is 0 Å². The van der Waals surface area contributed by atoms with Gasteiger partial charge >= 0.3 is 0 Å². The topological polar surface area (TPSA) is 106 Å². The molecule has 1 N–H and O–H groups in total. The summed E-state index contributed by atoms with van der Waals surface area (Å²) in [6, 6.07) is 7.69. The van der Waals surface area contributed by atoms with Crippen LogP contribution in [-0.2, 0) is 7.05 Å². The van der Waals surface area contributed by atoms with Gasteiger partial charge in [-0.3, -0.25) is 9.48 Å². The molecule has 8 heteroatoms. The Morgan fingerprint density at radius 3 is 2.83 bits per heavy atom. The second-order valence-corrected chi connectivity index (χ2v) is 6.70. The molecule has 29 heavy (non-hydrogen) atoms.